The summed E-state index contributed by atoms with van der Waals surface area (Å²) in [4.78, 5) is 51.6. The van der Waals surface area contributed by atoms with Crippen molar-refractivity contribution in [3.8, 4) is 0 Å². The molecule has 0 amide bonds. The molecule has 138 valence electrons. The molecule has 0 saturated heterocycles. The van der Waals surface area contributed by atoms with Crippen LogP contribution < -0.4 is 0 Å². The molecule has 3 rings (SSSR count). The number of carbonyl (C=O) groups excluding carboxylic acids is 3. The van der Waals surface area contributed by atoms with Crippen molar-refractivity contribution in [2.75, 3.05) is 0 Å². The van der Waals surface area contributed by atoms with Crippen molar-refractivity contribution in [2.45, 2.75) is 26.4 Å². The minimum atomic E-state index is -0.671. The van der Waals surface area contributed by atoms with Gasteiger partial charge in [-0.15, -0.1) is 0 Å². The number of nitro groups is 1. The Bertz CT molecular complexity index is 1030. The molecule has 0 aliphatic heterocycles. The molecule has 0 fully saturated rings. The number of aromatic nitrogens is 1. The topological polar surface area (TPSA) is 116 Å². The van der Waals surface area contributed by atoms with Crippen LogP contribution in [-0.4, -0.2) is 33.0 Å². The normalized spacial score (nSPS) is 13.4. The molecule has 0 atom stereocenters. The van der Waals surface area contributed by atoms with Crippen LogP contribution in [0.4, 0.5) is 5.00 Å². The summed E-state index contributed by atoms with van der Waals surface area (Å²) in [5.74, 6) is -1.69. The Morgan fingerprint density at radius 1 is 1.30 bits per heavy atom. The average molecular weight is 386 g/mol. The molecule has 2 aromatic heterocycles. The zero-order valence-electron chi connectivity index (χ0n) is 14.6. The van der Waals surface area contributed by atoms with Gasteiger partial charge in [-0.2, -0.15) is 0 Å². The first-order valence-corrected chi connectivity index (χ1v) is 8.68. The summed E-state index contributed by atoms with van der Waals surface area (Å²) in [5.41, 5.74) is -0.454. The third-order valence-electron chi connectivity index (χ3n) is 3.58. The molecule has 8 nitrogen and oxygen atoms in total. The van der Waals surface area contributed by atoms with Crippen LogP contribution in [0.5, 0.6) is 0 Å². The quantitative estimate of drug-likeness (QED) is 0.294. The van der Waals surface area contributed by atoms with E-state index < -0.39 is 28.1 Å². The third-order valence-corrected chi connectivity index (χ3v) is 4.67. The van der Waals surface area contributed by atoms with Crippen LogP contribution in [0.3, 0.4) is 0 Å². The van der Waals surface area contributed by atoms with Crippen LogP contribution >= 0.6 is 11.3 Å². The summed E-state index contributed by atoms with van der Waals surface area (Å²) in [6.45, 7) is 5.17. The first kappa shape index (κ1) is 18.6. The second-order valence-corrected chi connectivity index (χ2v) is 7.76. The zero-order valence-corrected chi connectivity index (χ0v) is 15.5. The predicted molar refractivity (Wildman–Crippen MR) is 97.0 cm³/mol. The molecule has 0 unspecified atom stereocenters. The molecule has 1 aliphatic rings. The van der Waals surface area contributed by atoms with Crippen LogP contribution in [0.2, 0.25) is 0 Å². The molecule has 2 aromatic rings. The van der Waals surface area contributed by atoms with Crippen molar-refractivity contribution in [3.05, 3.63) is 61.8 Å². The first-order chi connectivity index (χ1) is 12.6. The van der Waals surface area contributed by atoms with Gasteiger partial charge in [0.2, 0.25) is 11.6 Å². The largest absolute Gasteiger partial charge is 0.457 e. The number of hydrogen-bond acceptors (Lipinski definition) is 8. The van der Waals surface area contributed by atoms with E-state index in [2.05, 4.69) is 4.98 Å². The SMILES string of the molecule is CC(C)(C)OC(=O)/C=C/c1ccnc2c1C(=O)c1sc([N+](=O)[O-])cc1C2=O. The highest BCUT2D eigenvalue weighted by atomic mass is 32.1. The lowest BCUT2D eigenvalue weighted by Crippen LogP contribution is -2.23. The molecular weight excluding hydrogens is 372 g/mol. The summed E-state index contributed by atoms with van der Waals surface area (Å²) in [5, 5.41) is 10.7. The number of fused-ring (bicyclic) bond motifs is 2. The van der Waals surface area contributed by atoms with Crippen molar-refractivity contribution in [2.24, 2.45) is 0 Å². The van der Waals surface area contributed by atoms with E-state index in [1.54, 1.807) is 20.8 Å². The fraction of sp³-hybridized carbons (Fsp3) is 0.222. The predicted octanol–water partition coefficient (Wildman–Crippen LogP) is 3.18. The van der Waals surface area contributed by atoms with Crippen LogP contribution in [0.1, 0.15) is 57.6 Å². The summed E-state index contributed by atoms with van der Waals surface area (Å²) in [6.07, 6.45) is 3.86. The van der Waals surface area contributed by atoms with E-state index in [-0.39, 0.29) is 26.7 Å². The van der Waals surface area contributed by atoms with Gasteiger partial charge in [-0.05, 0) is 38.5 Å². The van der Waals surface area contributed by atoms with Gasteiger partial charge in [0.05, 0.1) is 20.9 Å². The van der Waals surface area contributed by atoms with Crippen molar-refractivity contribution in [1.82, 2.24) is 4.98 Å². The maximum atomic E-state index is 12.8. The van der Waals surface area contributed by atoms with Crippen LogP contribution in [0.25, 0.3) is 6.08 Å². The van der Waals surface area contributed by atoms with Gasteiger partial charge in [0.1, 0.15) is 11.3 Å². The van der Waals surface area contributed by atoms with E-state index in [1.165, 1.54) is 18.3 Å². The summed E-state index contributed by atoms with van der Waals surface area (Å²) < 4.78 is 5.17. The molecule has 2 heterocycles. The second-order valence-electron chi connectivity index (χ2n) is 6.73. The van der Waals surface area contributed by atoms with E-state index in [0.717, 1.165) is 12.1 Å². The van der Waals surface area contributed by atoms with Gasteiger partial charge in [-0.3, -0.25) is 24.7 Å². The fourth-order valence-electron chi connectivity index (χ4n) is 2.57. The Morgan fingerprint density at radius 2 is 2.00 bits per heavy atom. The lowest BCUT2D eigenvalue weighted by Gasteiger charge is -2.18. The highest BCUT2D eigenvalue weighted by molar-refractivity contribution is 7.18. The Kier molecular flexibility index (Phi) is 4.48. The lowest BCUT2D eigenvalue weighted by molar-refractivity contribution is -0.380. The molecule has 0 N–H and O–H groups in total. The van der Waals surface area contributed by atoms with Crippen molar-refractivity contribution in [3.63, 3.8) is 0 Å². The lowest BCUT2D eigenvalue weighted by atomic mass is 9.90. The fourth-order valence-corrected chi connectivity index (χ4v) is 3.48. The molecule has 0 aromatic carbocycles. The minimum absolute atomic E-state index is 0.000817. The molecular formula is C18H14N2O6S. The minimum Gasteiger partial charge on any atom is -0.457 e. The van der Waals surface area contributed by atoms with Gasteiger partial charge < -0.3 is 4.74 Å². The van der Waals surface area contributed by atoms with Gasteiger partial charge in [0.15, 0.2) is 0 Å². The maximum Gasteiger partial charge on any atom is 0.331 e. The van der Waals surface area contributed by atoms with Gasteiger partial charge in [0.25, 0.3) is 0 Å². The number of hydrogen-bond donors (Lipinski definition) is 0. The number of thiophene rings is 1. The molecule has 9 heteroatoms. The number of esters is 1. The Balaban J connectivity index is 2.03. The molecule has 0 radical (unpaired) electrons. The zero-order chi connectivity index (χ0) is 19.9. The average Bonchev–Trinajstić information content (AvgIpc) is 3.02. The van der Waals surface area contributed by atoms with Crippen LogP contribution in [0.15, 0.2) is 24.4 Å². The Hall–Kier alpha value is -3.20. The molecule has 27 heavy (non-hydrogen) atoms. The highest BCUT2D eigenvalue weighted by Crippen LogP contribution is 2.37. The third kappa shape index (κ3) is 3.54. The Morgan fingerprint density at radius 3 is 2.63 bits per heavy atom. The monoisotopic (exact) mass is 386 g/mol. The van der Waals surface area contributed by atoms with Gasteiger partial charge in [-0.25, -0.2) is 4.79 Å². The second kappa shape index (κ2) is 6.51. The van der Waals surface area contributed by atoms with Crippen LogP contribution in [0, 0.1) is 10.1 Å². The van der Waals surface area contributed by atoms with E-state index in [4.69, 9.17) is 4.74 Å². The summed E-state index contributed by atoms with van der Waals surface area (Å²) in [6, 6.07) is 2.58. The molecule has 0 spiro atoms. The van der Waals surface area contributed by atoms with E-state index >= 15 is 0 Å². The van der Waals surface area contributed by atoms with Gasteiger partial charge >= 0.3 is 11.0 Å². The number of ketones is 2. The smallest absolute Gasteiger partial charge is 0.331 e. The number of rotatable bonds is 3. The standard InChI is InChI=1S/C18H14N2O6S/c1-18(2,3)26-12(21)5-4-9-6-7-19-14-13(9)16(23)17-10(15(14)22)8-11(27-17)20(24)25/h4-8H,1-3H3/b5-4+. The molecule has 0 bridgehead atoms. The van der Waals surface area contributed by atoms with Crippen molar-refractivity contribution in [1.29, 1.82) is 0 Å². The van der Waals surface area contributed by atoms with Crippen LogP contribution in [-0.2, 0) is 9.53 Å². The number of carbonyl (C=O) groups is 3. The van der Waals surface area contributed by atoms with E-state index in [9.17, 15) is 24.5 Å². The number of nitrogens with zero attached hydrogens (tertiary/aromatic N) is 2. The summed E-state index contributed by atoms with van der Waals surface area (Å²) >= 11 is 0.647. The van der Waals surface area contributed by atoms with Crippen molar-refractivity contribution < 1.29 is 24.0 Å². The summed E-state index contributed by atoms with van der Waals surface area (Å²) in [7, 11) is 0. The van der Waals surface area contributed by atoms with E-state index in [0.29, 0.717) is 16.9 Å². The maximum absolute atomic E-state index is 12.8. The van der Waals surface area contributed by atoms with Gasteiger partial charge in [-0.1, -0.05) is 11.3 Å². The van der Waals surface area contributed by atoms with E-state index in [1.807, 2.05) is 0 Å². The Labute approximate surface area is 157 Å². The molecule has 0 saturated carbocycles. The van der Waals surface area contributed by atoms with Crippen molar-refractivity contribution >= 4 is 39.9 Å². The highest BCUT2D eigenvalue weighted by Gasteiger charge is 2.36. The number of pyridine rings is 1. The molecule has 1 aliphatic carbocycles. The first-order valence-electron chi connectivity index (χ1n) is 7.86. The van der Waals surface area contributed by atoms with Gasteiger partial charge in [0, 0.05) is 18.3 Å². The number of ether oxygens (including phenoxy) is 1.